The van der Waals surface area contributed by atoms with Crippen molar-refractivity contribution in [1.29, 1.82) is 0 Å². The van der Waals surface area contributed by atoms with Crippen LogP contribution in [0.2, 0.25) is 0 Å². The fourth-order valence-electron chi connectivity index (χ4n) is 3.92. The molecule has 0 spiro atoms. The number of hydrogen-bond acceptors (Lipinski definition) is 4. The fraction of sp³-hybridized carbons (Fsp3) is 0.0741. The Morgan fingerprint density at radius 2 is 1.76 bits per heavy atom. The number of nitrogens with two attached hydrogens (primary N) is 1. The van der Waals surface area contributed by atoms with Crippen LogP contribution in [0.5, 0.6) is 0 Å². The minimum atomic E-state index is -4.95. The molecule has 0 fully saturated rings. The minimum Gasteiger partial charge on any atom is -0.478 e. The number of H-pyrrole nitrogens is 1. The first-order valence-corrected chi connectivity index (χ1v) is 11.1. The van der Waals surface area contributed by atoms with Gasteiger partial charge in [0.2, 0.25) is 0 Å². The number of alkyl halides is 3. The van der Waals surface area contributed by atoms with E-state index in [0.717, 1.165) is 18.4 Å². The lowest BCUT2D eigenvalue weighted by Crippen LogP contribution is -2.18. The number of nitrogens with one attached hydrogen (secondary N) is 2. The first-order valence-electron chi connectivity index (χ1n) is 11.1. The molecule has 11 heteroatoms. The normalized spacial score (nSPS) is 12.3. The molecule has 0 saturated carbocycles. The van der Waals surface area contributed by atoms with E-state index in [1.165, 1.54) is 25.2 Å². The fourth-order valence-corrected chi connectivity index (χ4v) is 3.92. The lowest BCUT2D eigenvalue weighted by molar-refractivity contribution is -0.138. The predicted octanol–water partition coefficient (Wildman–Crippen LogP) is 5.94. The first-order chi connectivity index (χ1) is 18.0. The van der Waals surface area contributed by atoms with Gasteiger partial charge in [-0.15, -0.1) is 0 Å². The molecule has 1 heterocycles. The smallest absolute Gasteiger partial charge is 0.417 e. The van der Waals surface area contributed by atoms with E-state index in [4.69, 9.17) is 5.73 Å². The molecule has 4 aromatic rings. The molecular weight excluding hydrogens is 504 g/mol. The number of aromatic amines is 1. The quantitative estimate of drug-likeness (QED) is 0.184. The number of rotatable bonds is 6. The van der Waals surface area contributed by atoms with Gasteiger partial charge < -0.3 is 21.1 Å². The molecule has 0 aliphatic carbocycles. The summed E-state index contributed by atoms with van der Waals surface area (Å²) >= 11 is 0. The maximum Gasteiger partial charge on any atom is 0.417 e. The Morgan fingerprint density at radius 1 is 1.05 bits per heavy atom. The molecule has 0 saturated heterocycles. The van der Waals surface area contributed by atoms with Crippen LogP contribution in [0.1, 0.15) is 31.8 Å². The molecule has 0 aliphatic heterocycles. The summed E-state index contributed by atoms with van der Waals surface area (Å²) in [4.78, 5) is 31.6. The molecular formula is C27H20F4N4O3. The number of aromatic carboxylic acids is 1. The summed E-state index contributed by atoms with van der Waals surface area (Å²) in [5, 5.41) is 12.3. The van der Waals surface area contributed by atoms with Crippen molar-refractivity contribution in [3.8, 4) is 11.3 Å². The van der Waals surface area contributed by atoms with E-state index in [9.17, 15) is 32.3 Å². The highest BCUT2D eigenvalue weighted by Gasteiger charge is 2.36. The van der Waals surface area contributed by atoms with Gasteiger partial charge >= 0.3 is 12.1 Å². The van der Waals surface area contributed by atoms with Gasteiger partial charge in [0.25, 0.3) is 5.91 Å². The summed E-state index contributed by atoms with van der Waals surface area (Å²) in [5.41, 5.74) is 4.34. The van der Waals surface area contributed by atoms with Crippen molar-refractivity contribution < 1.29 is 32.3 Å². The average molecular weight is 524 g/mol. The number of fused-ring (bicyclic) bond motifs is 1. The monoisotopic (exact) mass is 524 g/mol. The maximum atomic E-state index is 14.9. The van der Waals surface area contributed by atoms with Gasteiger partial charge in [-0.2, -0.15) is 13.2 Å². The third-order valence-corrected chi connectivity index (χ3v) is 5.72. The first kappa shape index (κ1) is 26.1. The number of carbonyl (C=O) groups is 2. The van der Waals surface area contributed by atoms with E-state index in [0.29, 0.717) is 22.2 Å². The third kappa shape index (κ3) is 5.12. The van der Waals surface area contributed by atoms with Gasteiger partial charge in [-0.25, -0.2) is 9.18 Å². The van der Waals surface area contributed by atoms with Crippen molar-refractivity contribution >= 4 is 40.4 Å². The summed E-state index contributed by atoms with van der Waals surface area (Å²) in [7, 11) is 1.39. The highest BCUT2D eigenvalue weighted by atomic mass is 19.4. The maximum absolute atomic E-state index is 14.9. The molecule has 0 bridgehead atoms. The molecule has 4 rings (SSSR count). The van der Waals surface area contributed by atoms with Crippen LogP contribution < -0.4 is 11.1 Å². The number of carboxylic acid groups (broad SMARTS) is 1. The van der Waals surface area contributed by atoms with E-state index < -0.39 is 40.6 Å². The van der Waals surface area contributed by atoms with Crippen LogP contribution in [0.15, 0.2) is 71.7 Å². The molecule has 0 aliphatic rings. The summed E-state index contributed by atoms with van der Waals surface area (Å²) < 4.78 is 55.8. The van der Waals surface area contributed by atoms with Crippen LogP contribution in [0.3, 0.4) is 0 Å². The van der Waals surface area contributed by atoms with Gasteiger partial charge in [0.05, 0.1) is 28.1 Å². The number of anilines is 1. The van der Waals surface area contributed by atoms with E-state index in [1.54, 1.807) is 30.3 Å². The van der Waals surface area contributed by atoms with Gasteiger partial charge in [0.1, 0.15) is 5.82 Å². The van der Waals surface area contributed by atoms with Crippen molar-refractivity contribution in [2.75, 3.05) is 12.4 Å². The van der Waals surface area contributed by atoms with E-state index in [1.807, 2.05) is 0 Å². The van der Waals surface area contributed by atoms with Crippen LogP contribution in [0.4, 0.5) is 23.2 Å². The number of halogens is 4. The number of aromatic nitrogens is 1. The minimum absolute atomic E-state index is 0.0647. The SMILES string of the molecule is CN=CC=C(N)c1cc(C(=O)Nc2c(-c3ccccc3)[nH]c3ccc(C(=O)O)cc23)c(F)cc1C(F)(F)F. The molecule has 0 atom stereocenters. The van der Waals surface area contributed by atoms with Crippen LogP contribution in [0, 0.1) is 5.82 Å². The van der Waals surface area contributed by atoms with Gasteiger partial charge in [-0.3, -0.25) is 9.79 Å². The molecule has 3 aromatic carbocycles. The molecule has 1 aromatic heterocycles. The molecule has 194 valence electrons. The Kier molecular flexibility index (Phi) is 7.02. The standard InChI is InChI=1S/C27H20F4N4O3/c1-33-10-9-21(32)16-12-17(20(28)13-19(16)27(29,30)31)25(36)35-24-18-11-15(26(37)38)7-8-22(18)34-23(24)14-5-3-2-4-6-14/h2-13,34H,32H2,1H3,(H,35,36)(H,37,38). The second-order valence-corrected chi connectivity index (χ2v) is 8.17. The van der Waals surface area contributed by atoms with Crippen molar-refractivity contribution in [2.45, 2.75) is 6.18 Å². The summed E-state index contributed by atoms with van der Waals surface area (Å²) in [5.74, 6) is -3.68. The van der Waals surface area contributed by atoms with E-state index in [2.05, 4.69) is 15.3 Å². The van der Waals surface area contributed by atoms with Gasteiger partial charge in [0, 0.05) is 41.0 Å². The Labute approximate surface area is 213 Å². The van der Waals surface area contributed by atoms with Crippen LogP contribution in [-0.2, 0) is 6.18 Å². The number of allylic oxidation sites excluding steroid dienone is 1. The topological polar surface area (TPSA) is 121 Å². The van der Waals surface area contributed by atoms with Crippen LogP contribution in [-0.4, -0.2) is 35.2 Å². The highest BCUT2D eigenvalue weighted by molar-refractivity contribution is 6.14. The van der Waals surface area contributed by atoms with Crippen molar-refractivity contribution in [3.63, 3.8) is 0 Å². The number of hydrogen-bond donors (Lipinski definition) is 4. The zero-order valence-electron chi connectivity index (χ0n) is 19.7. The Morgan fingerprint density at radius 3 is 2.39 bits per heavy atom. The molecule has 38 heavy (non-hydrogen) atoms. The molecule has 0 unspecified atom stereocenters. The van der Waals surface area contributed by atoms with Gasteiger partial charge in [0.15, 0.2) is 0 Å². The van der Waals surface area contributed by atoms with Crippen LogP contribution in [0.25, 0.3) is 27.9 Å². The molecule has 1 amide bonds. The number of aliphatic imine (C=N–C) groups is 1. The molecule has 5 N–H and O–H groups in total. The Bertz CT molecular complexity index is 1610. The van der Waals surface area contributed by atoms with Crippen molar-refractivity contribution in [3.05, 3.63) is 94.8 Å². The zero-order valence-corrected chi connectivity index (χ0v) is 19.7. The van der Waals surface area contributed by atoms with Gasteiger partial charge in [-0.05, 0) is 36.4 Å². The largest absolute Gasteiger partial charge is 0.478 e. The number of carboxylic acids is 1. The second kappa shape index (κ2) is 10.2. The number of carbonyl (C=O) groups excluding carboxylic acids is 1. The average Bonchev–Trinajstić information content (AvgIpc) is 3.24. The Balaban J connectivity index is 1.88. The molecule has 7 nitrogen and oxygen atoms in total. The Hall–Kier alpha value is -4.93. The second-order valence-electron chi connectivity index (χ2n) is 8.17. The van der Waals surface area contributed by atoms with Crippen molar-refractivity contribution in [1.82, 2.24) is 4.98 Å². The number of amides is 1. The summed E-state index contributed by atoms with van der Waals surface area (Å²) in [6.45, 7) is 0. The predicted molar refractivity (Wildman–Crippen MR) is 137 cm³/mol. The number of nitrogens with zero attached hydrogens (tertiary/aromatic N) is 1. The number of benzene rings is 3. The van der Waals surface area contributed by atoms with Gasteiger partial charge in [-0.1, -0.05) is 30.3 Å². The molecule has 0 radical (unpaired) electrons. The van der Waals surface area contributed by atoms with E-state index >= 15 is 0 Å². The van der Waals surface area contributed by atoms with Crippen molar-refractivity contribution in [2.24, 2.45) is 10.7 Å². The lowest BCUT2D eigenvalue weighted by Gasteiger charge is -2.16. The highest BCUT2D eigenvalue weighted by Crippen LogP contribution is 2.38. The zero-order chi connectivity index (χ0) is 27.6. The van der Waals surface area contributed by atoms with Crippen LogP contribution >= 0.6 is 0 Å². The third-order valence-electron chi connectivity index (χ3n) is 5.72. The summed E-state index contributed by atoms with van der Waals surface area (Å²) in [6.07, 6.45) is -2.68. The van der Waals surface area contributed by atoms with E-state index in [-0.39, 0.29) is 23.0 Å². The lowest BCUT2D eigenvalue weighted by atomic mass is 9.99. The summed E-state index contributed by atoms with van der Waals surface area (Å²) in [6, 6.07) is 13.9.